The minimum absolute atomic E-state index is 0.242. The van der Waals surface area contributed by atoms with E-state index in [1.54, 1.807) is 0 Å². The second kappa shape index (κ2) is 4.84. The highest BCUT2D eigenvalue weighted by atomic mass is 35.5. The predicted molar refractivity (Wildman–Crippen MR) is 63.8 cm³/mol. The average molecular weight is 243 g/mol. The van der Waals surface area contributed by atoms with Gasteiger partial charge in [0.1, 0.15) is 0 Å². The summed E-state index contributed by atoms with van der Waals surface area (Å²) in [7, 11) is 0. The molecule has 1 aliphatic rings. The van der Waals surface area contributed by atoms with Gasteiger partial charge < -0.3 is 15.4 Å². The molecule has 1 aromatic rings. The Balaban J connectivity index is 2.30. The van der Waals surface area contributed by atoms with Crippen LogP contribution in [-0.4, -0.2) is 36.3 Å². The Morgan fingerprint density at radius 1 is 1.31 bits per heavy atom. The van der Waals surface area contributed by atoms with Crippen LogP contribution in [0, 0.1) is 6.92 Å². The third-order valence-electron chi connectivity index (χ3n) is 2.61. The highest BCUT2D eigenvalue weighted by molar-refractivity contribution is 6.28. The lowest BCUT2D eigenvalue weighted by atomic mass is 10.3. The van der Waals surface area contributed by atoms with Crippen LogP contribution in [0.15, 0.2) is 0 Å². The average Bonchev–Trinajstić information content (AvgIpc) is 2.51. The van der Waals surface area contributed by atoms with E-state index >= 15 is 0 Å². The van der Waals surface area contributed by atoms with Crippen LogP contribution >= 0.6 is 11.6 Å². The number of nitrogens with two attached hydrogens (primary N) is 1. The monoisotopic (exact) mass is 242 g/mol. The summed E-state index contributed by atoms with van der Waals surface area (Å²) in [6.07, 6.45) is 0.972. The number of rotatable bonds is 1. The minimum atomic E-state index is 0.242. The van der Waals surface area contributed by atoms with Crippen molar-refractivity contribution in [2.45, 2.75) is 13.3 Å². The van der Waals surface area contributed by atoms with Gasteiger partial charge in [-0.15, -0.1) is 0 Å². The molecule has 1 aromatic heterocycles. The second-order valence-corrected chi connectivity index (χ2v) is 4.11. The number of nitrogens with zero attached hydrogens (tertiary/aromatic N) is 3. The van der Waals surface area contributed by atoms with Crippen LogP contribution in [0.2, 0.25) is 5.28 Å². The quantitative estimate of drug-likeness (QED) is 0.751. The molecule has 0 radical (unpaired) electrons. The lowest BCUT2D eigenvalue weighted by Crippen LogP contribution is -2.28. The van der Waals surface area contributed by atoms with E-state index in [4.69, 9.17) is 22.1 Å². The smallest absolute Gasteiger partial charge is 0.224 e. The summed E-state index contributed by atoms with van der Waals surface area (Å²) < 4.78 is 5.39. The van der Waals surface area contributed by atoms with Crippen LogP contribution in [0.4, 0.5) is 11.5 Å². The molecule has 1 aliphatic heterocycles. The molecule has 1 fully saturated rings. The summed E-state index contributed by atoms with van der Waals surface area (Å²) in [5, 5.41) is 0.242. The van der Waals surface area contributed by atoms with Crippen molar-refractivity contribution in [2.24, 2.45) is 0 Å². The van der Waals surface area contributed by atoms with E-state index in [-0.39, 0.29) is 5.28 Å². The van der Waals surface area contributed by atoms with Crippen LogP contribution in [0.25, 0.3) is 0 Å². The van der Waals surface area contributed by atoms with Gasteiger partial charge in [0.05, 0.1) is 18.0 Å². The summed E-state index contributed by atoms with van der Waals surface area (Å²) in [5.41, 5.74) is 7.29. The molecule has 1 saturated heterocycles. The van der Waals surface area contributed by atoms with Gasteiger partial charge in [0.2, 0.25) is 5.28 Å². The molecule has 0 aliphatic carbocycles. The number of ether oxygens (including phenoxy) is 1. The molecule has 0 saturated carbocycles. The Labute approximate surface area is 99.6 Å². The molecule has 0 aromatic carbocycles. The first-order valence-corrected chi connectivity index (χ1v) is 5.68. The van der Waals surface area contributed by atoms with Crippen molar-refractivity contribution in [3.8, 4) is 0 Å². The Bertz CT molecular complexity index is 377. The SMILES string of the molecule is Cc1nc(Cl)nc(N2CCCOCC2)c1N. The molecular formula is C10H15ClN4O. The molecular weight excluding hydrogens is 228 g/mol. The van der Waals surface area contributed by atoms with Gasteiger partial charge in [-0.2, -0.15) is 4.98 Å². The van der Waals surface area contributed by atoms with Crippen molar-refractivity contribution >= 4 is 23.1 Å². The van der Waals surface area contributed by atoms with E-state index in [1.807, 2.05) is 6.92 Å². The van der Waals surface area contributed by atoms with Crippen molar-refractivity contribution in [3.63, 3.8) is 0 Å². The summed E-state index contributed by atoms with van der Waals surface area (Å²) >= 11 is 5.85. The fraction of sp³-hybridized carbons (Fsp3) is 0.600. The molecule has 0 spiro atoms. The first-order chi connectivity index (χ1) is 7.68. The van der Waals surface area contributed by atoms with Crippen molar-refractivity contribution in [2.75, 3.05) is 36.9 Å². The van der Waals surface area contributed by atoms with Crippen molar-refractivity contribution in [1.82, 2.24) is 9.97 Å². The number of nitrogen functional groups attached to an aromatic ring is 1. The molecule has 0 amide bonds. The summed E-state index contributed by atoms with van der Waals surface area (Å²) in [5.74, 6) is 0.725. The van der Waals surface area contributed by atoms with Gasteiger partial charge in [-0.1, -0.05) is 0 Å². The lowest BCUT2D eigenvalue weighted by molar-refractivity contribution is 0.152. The Hall–Kier alpha value is -1.07. The molecule has 5 nitrogen and oxygen atoms in total. The maximum atomic E-state index is 5.97. The molecule has 88 valence electrons. The second-order valence-electron chi connectivity index (χ2n) is 3.77. The molecule has 2 rings (SSSR count). The third-order valence-corrected chi connectivity index (χ3v) is 2.78. The number of aryl methyl sites for hydroxylation is 1. The number of anilines is 2. The minimum Gasteiger partial charge on any atom is -0.394 e. The van der Waals surface area contributed by atoms with Gasteiger partial charge in [0, 0.05) is 19.7 Å². The number of halogens is 1. The van der Waals surface area contributed by atoms with Gasteiger partial charge in [-0.25, -0.2) is 4.98 Å². The fourth-order valence-corrected chi connectivity index (χ4v) is 1.94. The molecule has 0 unspecified atom stereocenters. The summed E-state index contributed by atoms with van der Waals surface area (Å²) in [6.45, 7) is 4.99. The van der Waals surface area contributed by atoms with Gasteiger partial charge >= 0.3 is 0 Å². The largest absolute Gasteiger partial charge is 0.394 e. The molecule has 0 atom stereocenters. The Morgan fingerprint density at radius 3 is 2.94 bits per heavy atom. The fourth-order valence-electron chi connectivity index (χ4n) is 1.73. The lowest BCUT2D eigenvalue weighted by Gasteiger charge is -2.22. The molecule has 6 heteroatoms. The van der Waals surface area contributed by atoms with Gasteiger partial charge in [0.25, 0.3) is 0 Å². The van der Waals surface area contributed by atoms with Crippen LogP contribution in [0.3, 0.4) is 0 Å². The van der Waals surface area contributed by atoms with E-state index < -0.39 is 0 Å². The standard InChI is InChI=1S/C10H15ClN4O/c1-7-8(12)9(14-10(11)13-7)15-3-2-5-16-6-4-15/h2-6,12H2,1H3. The van der Waals surface area contributed by atoms with Gasteiger partial charge in [-0.05, 0) is 24.9 Å². The molecule has 16 heavy (non-hydrogen) atoms. The number of hydrogen-bond donors (Lipinski definition) is 1. The van der Waals surface area contributed by atoms with Crippen molar-refractivity contribution < 1.29 is 4.74 Å². The maximum Gasteiger partial charge on any atom is 0.224 e. The van der Waals surface area contributed by atoms with Crippen LogP contribution in [0.5, 0.6) is 0 Å². The van der Waals surface area contributed by atoms with Crippen LogP contribution in [-0.2, 0) is 4.74 Å². The van der Waals surface area contributed by atoms with Gasteiger partial charge in [-0.3, -0.25) is 0 Å². The molecule has 2 heterocycles. The van der Waals surface area contributed by atoms with Crippen LogP contribution < -0.4 is 10.6 Å². The maximum absolute atomic E-state index is 5.97. The normalized spacial score (nSPS) is 17.2. The highest BCUT2D eigenvalue weighted by Crippen LogP contribution is 2.25. The topological polar surface area (TPSA) is 64.3 Å². The summed E-state index contributed by atoms with van der Waals surface area (Å²) in [6, 6.07) is 0. The third kappa shape index (κ3) is 2.36. The van der Waals surface area contributed by atoms with Gasteiger partial charge in [0.15, 0.2) is 5.82 Å². The highest BCUT2D eigenvalue weighted by Gasteiger charge is 2.16. The molecule has 2 N–H and O–H groups in total. The predicted octanol–water partition coefficient (Wildman–Crippen LogP) is 1.25. The Kier molecular flexibility index (Phi) is 3.46. The zero-order valence-corrected chi connectivity index (χ0v) is 10.00. The first-order valence-electron chi connectivity index (χ1n) is 5.31. The van der Waals surface area contributed by atoms with Crippen molar-refractivity contribution in [1.29, 1.82) is 0 Å². The van der Waals surface area contributed by atoms with E-state index in [1.165, 1.54) is 0 Å². The van der Waals surface area contributed by atoms with E-state index in [0.29, 0.717) is 12.3 Å². The zero-order valence-electron chi connectivity index (χ0n) is 9.24. The number of aromatic nitrogens is 2. The van der Waals surface area contributed by atoms with Crippen LogP contribution in [0.1, 0.15) is 12.1 Å². The van der Waals surface area contributed by atoms with E-state index in [0.717, 1.165) is 37.6 Å². The van der Waals surface area contributed by atoms with E-state index in [9.17, 15) is 0 Å². The van der Waals surface area contributed by atoms with Crippen molar-refractivity contribution in [3.05, 3.63) is 11.0 Å². The first kappa shape index (κ1) is 11.4. The Morgan fingerprint density at radius 2 is 2.12 bits per heavy atom. The number of hydrogen-bond acceptors (Lipinski definition) is 5. The molecule has 0 bridgehead atoms. The van der Waals surface area contributed by atoms with E-state index in [2.05, 4.69) is 14.9 Å². The zero-order chi connectivity index (χ0) is 11.5. The summed E-state index contributed by atoms with van der Waals surface area (Å²) in [4.78, 5) is 10.3.